The molecule has 0 heterocycles. The SMILES string of the molecule is CCC(CC)CNC(=O)Cc1ccc(Cl)c(Cl)c1. The van der Waals surface area contributed by atoms with E-state index < -0.39 is 0 Å². The lowest BCUT2D eigenvalue weighted by molar-refractivity contribution is -0.120. The molecule has 2 nitrogen and oxygen atoms in total. The first kappa shape index (κ1) is 15.3. The Hall–Kier alpha value is -0.730. The predicted molar refractivity (Wildman–Crippen MR) is 77.2 cm³/mol. The van der Waals surface area contributed by atoms with Crippen LogP contribution in [0.5, 0.6) is 0 Å². The second kappa shape index (κ2) is 7.65. The zero-order valence-electron chi connectivity index (χ0n) is 10.8. The normalized spacial score (nSPS) is 10.7. The molecule has 0 unspecified atom stereocenters. The van der Waals surface area contributed by atoms with Crippen LogP contribution >= 0.6 is 23.2 Å². The van der Waals surface area contributed by atoms with Gasteiger partial charge in [0.25, 0.3) is 0 Å². The van der Waals surface area contributed by atoms with Crippen LogP contribution in [0.15, 0.2) is 18.2 Å². The molecule has 0 saturated heterocycles. The molecule has 0 aliphatic heterocycles. The first-order valence-corrected chi connectivity index (χ1v) is 7.03. The van der Waals surface area contributed by atoms with Gasteiger partial charge in [-0.25, -0.2) is 0 Å². The number of halogens is 2. The predicted octanol–water partition coefficient (Wildman–Crippen LogP) is 4.09. The Balaban J connectivity index is 2.46. The molecule has 0 spiro atoms. The van der Waals surface area contributed by atoms with Crippen molar-refractivity contribution in [2.45, 2.75) is 33.1 Å². The van der Waals surface area contributed by atoms with Gasteiger partial charge in [0.1, 0.15) is 0 Å². The zero-order valence-corrected chi connectivity index (χ0v) is 12.3. The maximum absolute atomic E-state index is 11.8. The summed E-state index contributed by atoms with van der Waals surface area (Å²) >= 11 is 11.7. The van der Waals surface area contributed by atoms with Gasteiger partial charge in [0.2, 0.25) is 5.91 Å². The number of nitrogens with one attached hydrogen (secondary N) is 1. The highest BCUT2D eigenvalue weighted by atomic mass is 35.5. The molecule has 1 N–H and O–H groups in total. The van der Waals surface area contributed by atoms with Crippen molar-refractivity contribution in [1.29, 1.82) is 0 Å². The lowest BCUT2D eigenvalue weighted by Crippen LogP contribution is -2.30. The van der Waals surface area contributed by atoms with Crippen molar-refractivity contribution in [2.75, 3.05) is 6.54 Å². The summed E-state index contributed by atoms with van der Waals surface area (Å²) in [4.78, 5) is 11.8. The Bertz CT molecular complexity index is 403. The third-order valence-corrected chi connectivity index (χ3v) is 3.83. The van der Waals surface area contributed by atoms with Crippen LogP contribution in [0.4, 0.5) is 0 Å². The molecule has 0 fully saturated rings. The van der Waals surface area contributed by atoms with Crippen LogP contribution in [-0.4, -0.2) is 12.5 Å². The molecule has 0 bridgehead atoms. The lowest BCUT2D eigenvalue weighted by Gasteiger charge is -2.13. The van der Waals surface area contributed by atoms with Crippen LogP contribution in [0.1, 0.15) is 32.3 Å². The van der Waals surface area contributed by atoms with Crippen molar-refractivity contribution in [3.63, 3.8) is 0 Å². The van der Waals surface area contributed by atoms with Crippen molar-refractivity contribution >= 4 is 29.1 Å². The van der Waals surface area contributed by atoms with E-state index in [-0.39, 0.29) is 5.91 Å². The Kier molecular flexibility index (Phi) is 6.51. The molecule has 0 atom stereocenters. The number of hydrogen-bond donors (Lipinski definition) is 1. The number of carbonyl (C=O) groups is 1. The van der Waals surface area contributed by atoms with Crippen LogP contribution in [-0.2, 0) is 11.2 Å². The monoisotopic (exact) mass is 287 g/mol. The fourth-order valence-electron chi connectivity index (χ4n) is 1.73. The van der Waals surface area contributed by atoms with Gasteiger partial charge in [0, 0.05) is 6.54 Å². The van der Waals surface area contributed by atoms with E-state index in [4.69, 9.17) is 23.2 Å². The lowest BCUT2D eigenvalue weighted by atomic mass is 10.0. The summed E-state index contributed by atoms with van der Waals surface area (Å²) in [5.74, 6) is 0.586. The number of carbonyl (C=O) groups excluding carboxylic acids is 1. The highest BCUT2D eigenvalue weighted by molar-refractivity contribution is 6.42. The molecule has 1 rings (SSSR count). The molecule has 1 aromatic rings. The fourth-order valence-corrected chi connectivity index (χ4v) is 2.05. The second-order valence-corrected chi connectivity index (χ2v) is 5.23. The van der Waals surface area contributed by atoms with E-state index in [0.29, 0.717) is 22.4 Å². The van der Waals surface area contributed by atoms with Gasteiger partial charge in [-0.1, -0.05) is 56.0 Å². The molecule has 0 aliphatic carbocycles. The van der Waals surface area contributed by atoms with Gasteiger partial charge in [0.05, 0.1) is 16.5 Å². The average molecular weight is 288 g/mol. The van der Waals surface area contributed by atoms with E-state index in [0.717, 1.165) is 24.9 Å². The summed E-state index contributed by atoms with van der Waals surface area (Å²) in [5, 5.41) is 3.95. The van der Waals surface area contributed by atoms with Gasteiger partial charge >= 0.3 is 0 Å². The minimum Gasteiger partial charge on any atom is -0.356 e. The number of hydrogen-bond acceptors (Lipinski definition) is 1. The summed E-state index contributed by atoms with van der Waals surface area (Å²) in [5.41, 5.74) is 0.881. The highest BCUT2D eigenvalue weighted by Gasteiger charge is 2.08. The second-order valence-electron chi connectivity index (χ2n) is 4.41. The minimum atomic E-state index is 0.0280. The standard InChI is InChI=1S/C14H19Cl2NO/c1-3-10(4-2)9-17-14(18)8-11-5-6-12(15)13(16)7-11/h5-7,10H,3-4,8-9H2,1-2H3,(H,17,18). The van der Waals surface area contributed by atoms with E-state index in [1.165, 1.54) is 0 Å². The molecule has 1 aromatic carbocycles. The molecule has 0 aromatic heterocycles. The van der Waals surface area contributed by atoms with E-state index in [1.54, 1.807) is 12.1 Å². The fraction of sp³-hybridized carbons (Fsp3) is 0.500. The Morgan fingerprint density at radius 2 is 1.89 bits per heavy atom. The van der Waals surface area contributed by atoms with Gasteiger partial charge in [-0.05, 0) is 23.6 Å². The highest BCUT2D eigenvalue weighted by Crippen LogP contribution is 2.22. The van der Waals surface area contributed by atoms with E-state index in [9.17, 15) is 4.79 Å². The van der Waals surface area contributed by atoms with Crippen molar-refractivity contribution in [3.05, 3.63) is 33.8 Å². The number of benzene rings is 1. The quantitative estimate of drug-likeness (QED) is 0.839. The van der Waals surface area contributed by atoms with Crippen LogP contribution in [0, 0.1) is 5.92 Å². The maximum Gasteiger partial charge on any atom is 0.224 e. The summed E-state index contributed by atoms with van der Waals surface area (Å²) in [6, 6.07) is 5.28. The molecule has 100 valence electrons. The molecule has 4 heteroatoms. The third-order valence-electron chi connectivity index (χ3n) is 3.09. The van der Waals surface area contributed by atoms with Crippen molar-refractivity contribution in [1.82, 2.24) is 5.32 Å². The van der Waals surface area contributed by atoms with Crippen LogP contribution in [0.25, 0.3) is 0 Å². The Morgan fingerprint density at radius 3 is 2.44 bits per heavy atom. The smallest absolute Gasteiger partial charge is 0.224 e. The molecular weight excluding hydrogens is 269 g/mol. The van der Waals surface area contributed by atoms with Crippen LogP contribution < -0.4 is 5.32 Å². The van der Waals surface area contributed by atoms with E-state index in [2.05, 4.69) is 19.2 Å². The van der Waals surface area contributed by atoms with Gasteiger partial charge in [0.15, 0.2) is 0 Å². The minimum absolute atomic E-state index is 0.0280. The van der Waals surface area contributed by atoms with Gasteiger partial charge < -0.3 is 5.32 Å². The number of amides is 1. The Morgan fingerprint density at radius 1 is 1.22 bits per heavy atom. The Labute approximate surface area is 119 Å². The number of rotatable bonds is 6. The zero-order chi connectivity index (χ0) is 13.5. The summed E-state index contributed by atoms with van der Waals surface area (Å²) < 4.78 is 0. The van der Waals surface area contributed by atoms with Crippen molar-refractivity contribution in [3.8, 4) is 0 Å². The van der Waals surface area contributed by atoms with Crippen molar-refractivity contribution < 1.29 is 4.79 Å². The average Bonchev–Trinajstić information content (AvgIpc) is 2.35. The topological polar surface area (TPSA) is 29.1 Å². The summed E-state index contributed by atoms with van der Waals surface area (Å²) in [6.45, 7) is 5.02. The molecule has 1 amide bonds. The van der Waals surface area contributed by atoms with Gasteiger partial charge in [-0.3, -0.25) is 4.79 Å². The van der Waals surface area contributed by atoms with Crippen LogP contribution in [0.3, 0.4) is 0 Å². The maximum atomic E-state index is 11.8. The third kappa shape index (κ3) is 4.87. The molecule has 0 radical (unpaired) electrons. The molecular formula is C14H19Cl2NO. The molecule has 18 heavy (non-hydrogen) atoms. The van der Waals surface area contributed by atoms with Crippen LogP contribution in [0.2, 0.25) is 10.0 Å². The van der Waals surface area contributed by atoms with E-state index >= 15 is 0 Å². The summed E-state index contributed by atoms with van der Waals surface area (Å²) in [6.07, 6.45) is 2.52. The van der Waals surface area contributed by atoms with Crippen molar-refractivity contribution in [2.24, 2.45) is 5.92 Å². The molecule has 0 saturated carbocycles. The largest absolute Gasteiger partial charge is 0.356 e. The summed E-state index contributed by atoms with van der Waals surface area (Å²) in [7, 11) is 0. The van der Waals surface area contributed by atoms with Gasteiger partial charge in [-0.2, -0.15) is 0 Å². The van der Waals surface area contributed by atoms with E-state index in [1.807, 2.05) is 6.07 Å². The first-order valence-electron chi connectivity index (χ1n) is 6.27. The first-order chi connectivity index (χ1) is 8.56. The van der Waals surface area contributed by atoms with Gasteiger partial charge in [-0.15, -0.1) is 0 Å². The molecule has 0 aliphatic rings.